The number of nitrogens with zero attached hydrogens (tertiary/aromatic N) is 1. The average Bonchev–Trinajstić information content (AvgIpc) is 3.11. The van der Waals surface area contributed by atoms with E-state index in [0.717, 1.165) is 20.1 Å². The van der Waals surface area contributed by atoms with Crippen molar-refractivity contribution in [2.45, 2.75) is 13.0 Å². The first-order valence-electron chi connectivity index (χ1n) is 8.77. The van der Waals surface area contributed by atoms with Gasteiger partial charge in [0.1, 0.15) is 6.04 Å². The molecule has 6 nitrogen and oxygen atoms in total. The molecule has 2 amide bonds. The number of anilines is 1. The normalized spacial score (nSPS) is 13.1. The second-order valence-electron chi connectivity index (χ2n) is 6.47. The lowest BCUT2D eigenvalue weighted by Gasteiger charge is -2.19. The van der Waals surface area contributed by atoms with Crippen LogP contribution < -0.4 is 15.5 Å². The van der Waals surface area contributed by atoms with Crippen molar-refractivity contribution in [3.8, 4) is 0 Å². The summed E-state index contributed by atoms with van der Waals surface area (Å²) in [6.07, 6.45) is 0. The number of benzene rings is 2. The molecule has 1 aromatic heterocycles. The molecule has 3 rings (SSSR count). The summed E-state index contributed by atoms with van der Waals surface area (Å²) in [4.78, 5) is 29.7. The largest absolute Gasteiger partial charge is 0.355 e. The minimum atomic E-state index is -0.151. The van der Waals surface area contributed by atoms with Crippen LogP contribution in [0.25, 0.3) is 10.2 Å². The number of nitrogens with one attached hydrogen (secondary N) is 3. The molecule has 3 N–H and O–H groups in total. The summed E-state index contributed by atoms with van der Waals surface area (Å²) < 4.78 is 1.16. The smallest absolute Gasteiger partial charge is 0.279 e. The number of amides is 2. The summed E-state index contributed by atoms with van der Waals surface area (Å²) in [6.45, 7) is 2.41. The van der Waals surface area contributed by atoms with Crippen LogP contribution in [0.5, 0.6) is 0 Å². The molecular weight excluding hydrogens is 360 g/mol. The zero-order valence-electron chi connectivity index (χ0n) is 15.6. The van der Waals surface area contributed by atoms with E-state index in [2.05, 4.69) is 28.6 Å². The number of hydrogen-bond acceptors (Lipinski definition) is 4. The second-order valence-corrected chi connectivity index (χ2v) is 7.53. The topological polar surface area (TPSA) is 75.5 Å². The van der Waals surface area contributed by atoms with E-state index in [-0.39, 0.29) is 17.9 Å². The number of quaternary nitrogens is 1. The van der Waals surface area contributed by atoms with Crippen LogP contribution in [0.2, 0.25) is 0 Å². The van der Waals surface area contributed by atoms with Gasteiger partial charge in [-0.05, 0) is 43.3 Å². The molecule has 0 fully saturated rings. The molecule has 0 aliphatic rings. The van der Waals surface area contributed by atoms with E-state index in [1.165, 1.54) is 0 Å². The summed E-state index contributed by atoms with van der Waals surface area (Å²) >= 11 is 1.67. The van der Waals surface area contributed by atoms with Crippen LogP contribution >= 0.6 is 11.3 Å². The van der Waals surface area contributed by atoms with Gasteiger partial charge in [-0.25, -0.2) is 4.98 Å². The van der Waals surface area contributed by atoms with Crippen LogP contribution in [0.3, 0.4) is 0 Å². The maximum atomic E-state index is 12.4. The lowest BCUT2D eigenvalue weighted by molar-refractivity contribution is -0.902. The number of carbonyl (C=O) groups excluding carboxylic acids is 2. The molecule has 1 heterocycles. The fourth-order valence-corrected chi connectivity index (χ4v) is 3.86. The minimum Gasteiger partial charge on any atom is -0.355 e. The van der Waals surface area contributed by atoms with E-state index >= 15 is 0 Å². The Kier molecular flexibility index (Phi) is 5.83. The predicted molar refractivity (Wildman–Crippen MR) is 108 cm³/mol. The molecule has 0 aliphatic carbocycles. The molecule has 27 heavy (non-hydrogen) atoms. The number of fused-ring (bicyclic) bond motifs is 1. The quantitative estimate of drug-likeness (QED) is 0.608. The van der Waals surface area contributed by atoms with Crippen LogP contribution in [0, 0.1) is 0 Å². The van der Waals surface area contributed by atoms with Gasteiger partial charge in [0.25, 0.3) is 11.8 Å². The third-order valence-corrected chi connectivity index (χ3v) is 5.74. The average molecular weight is 383 g/mol. The van der Waals surface area contributed by atoms with Crippen molar-refractivity contribution in [3.05, 3.63) is 59.1 Å². The number of likely N-dealkylation sites (N-methyl/N-ethyl adjacent to an activating group) is 1. The number of para-hydroxylation sites is 1. The Labute approximate surface area is 162 Å². The minimum absolute atomic E-state index is 0.0758. The van der Waals surface area contributed by atoms with Crippen LogP contribution in [-0.2, 0) is 4.79 Å². The van der Waals surface area contributed by atoms with Crippen molar-refractivity contribution in [2.24, 2.45) is 0 Å². The summed E-state index contributed by atoms with van der Waals surface area (Å²) in [5.41, 5.74) is 2.23. The third kappa shape index (κ3) is 4.50. The van der Waals surface area contributed by atoms with Gasteiger partial charge in [-0.3, -0.25) is 9.59 Å². The molecule has 0 spiro atoms. The van der Waals surface area contributed by atoms with Gasteiger partial charge in [0, 0.05) is 18.3 Å². The molecule has 1 unspecified atom stereocenters. The highest BCUT2D eigenvalue weighted by Crippen LogP contribution is 2.24. The fraction of sp³-hybridized carbons (Fsp3) is 0.250. The predicted octanol–water partition coefficient (Wildman–Crippen LogP) is 1.87. The molecule has 140 valence electrons. The van der Waals surface area contributed by atoms with Crippen LogP contribution in [0.1, 0.15) is 28.3 Å². The van der Waals surface area contributed by atoms with Crippen molar-refractivity contribution in [3.63, 3.8) is 0 Å². The molecule has 3 aromatic rings. The van der Waals surface area contributed by atoms with Gasteiger partial charge in [0.05, 0.1) is 17.3 Å². The van der Waals surface area contributed by atoms with Crippen LogP contribution in [-0.4, -0.2) is 37.4 Å². The Morgan fingerprint density at radius 2 is 1.85 bits per heavy atom. The molecule has 0 saturated carbocycles. The fourth-order valence-electron chi connectivity index (χ4n) is 2.75. The molecule has 0 bridgehead atoms. The first kappa shape index (κ1) is 19.0. The van der Waals surface area contributed by atoms with Crippen molar-refractivity contribution < 1.29 is 14.5 Å². The third-order valence-electron chi connectivity index (χ3n) is 4.52. The summed E-state index contributed by atoms with van der Waals surface area (Å²) in [6, 6.07) is 15.0. The van der Waals surface area contributed by atoms with Gasteiger partial charge in [-0.2, -0.15) is 0 Å². The molecule has 0 aliphatic heterocycles. The number of thiazole rings is 1. The Bertz CT molecular complexity index is 919. The van der Waals surface area contributed by atoms with E-state index in [9.17, 15) is 9.59 Å². The van der Waals surface area contributed by atoms with Crippen LogP contribution in [0.15, 0.2) is 48.5 Å². The maximum absolute atomic E-state index is 12.4. The number of rotatable bonds is 6. The lowest BCUT2D eigenvalue weighted by Crippen LogP contribution is -3.10. The van der Waals surface area contributed by atoms with Crippen molar-refractivity contribution in [1.82, 2.24) is 10.3 Å². The van der Waals surface area contributed by atoms with E-state index in [1.54, 1.807) is 42.6 Å². The SMILES string of the molecule is CNC(=O)c1ccc(NC(=O)C[NH+](C)[C@H](C)c2nc3ccccc3s2)cc1. The lowest BCUT2D eigenvalue weighted by atomic mass is 10.2. The van der Waals surface area contributed by atoms with Crippen molar-refractivity contribution in [1.29, 1.82) is 0 Å². The monoisotopic (exact) mass is 383 g/mol. The molecule has 2 atom stereocenters. The highest BCUT2D eigenvalue weighted by Gasteiger charge is 2.22. The van der Waals surface area contributed by atoms with Crippen molar-refractivity contribution in [2.75, 3.05) is 26.0 Å². The first-order chi connectivity index (χ1) is 13.0. The van der Waals surface area contributed by atoms with E-state index in [0.29, 0.717) is 17.8 Å². The zero-order valence-corrected chi connectivity index (χ0v) is 16.4. The van der Waals surface area contributed by atoms with Gasteiger partial charge in [0.2, 0.25) is 0 Å². The van der Waals surface area contributed by atoms with E-state index in [4.69, 9.17) is 0 Å². The Morgan fingerprint density at radius 3 is 2.52 bits per heavy atom. The second kappa shape index (κ2) is 8.28. The molecular formula is C20H23N4O2S+. The number of aromatic nitrogens is 1. The Balaban J connectivity index is 1.60. The maximum Gasteiger partial charge on any atom is 0.279 e. The number of carbonyl (C=O) groups is 2. The highest BCUT2D eigenvalue weighted by atomic mass is 32.1. The molecule has 0 saturated heterocycles. The molecule has 2 aromatic carbocycles. The van der Waals surface area contributed by atoms with Crippen molar-refractivity contribution >= 4 is 39.1 Å². The van der Waals surface area contributed by atoms with Gasteiger partial charge in [-0.15, -0.1) is 11.3 Å². The van der Waals surface area contributed by atoms with Crippen LogP contribution in [0.4, 0.5) is 5.69 Å². The summed E-state index contributed by atoms with van der Waals surface area (Å²) in [5.74, 6) is -0.227. The van der Waals surface area contributed by atoms with E-state index < -0.39 is 0 Å². The number of hydrogen-bond donors (Lipinski definition) is 3. The Hall–Kier alpha value is -2.77. The van der Waals surface area contributed by atoms with Gasteiger partial charge >= 0.3 is 0 Å². The molecule has 7 heteroatoms. The Morgan fingerprint density at radius 1 is 1.15 bits per heavy atom. The molecule has 0 radical (unpaired) electrons. The standard InChI is InChI=1S/C20H22N4O2S/c1-13(20-23-16-6-4-5-7-17(16)27-20)24(3)12-18(25)22-15-10-8-14(9-11-15)19(26)21-2/h4-11,13H,12H2,1-3H3,(H,21,26)(H,22,25)/p+1/t13-/m1/s1. The first-order valence-corrected chi connectivity index (χ1v) is 9.59. The highest BCUT2D eigenvalue weighted by molar-refractivity contribution is 7.18. The van der Waals surface area contributed by atoms with E-state index in [1.807, 2.05) is 25.2 Å². The summed E-state index contributed by atoms with van der Waals surface area (Å²) in [5, 5.41) is 6.48. The van der Waals surface area contributed by atoms with Gasteiger partial charge in [0.15, 0.2) is 11.6 Å². The van der Waals surface area contributed by atoms with Gasteiger partial charge in [-0.1, -0.05) is 12.1 Å². The summed E-state index contributed by atoms with van der Waals surface area (Å²) in [7, 11) is 3.58. The van der Waals surface area contributed by atoms with Gasteiger partial charge < -0.3 is 15.5 Å². The zero-order chi connectivity index (χ0) is 19.4.